The van der Waals surface area contributed by atoms with Gasteiger partial charge in [0.1, 0.15) is 10.7 Å². The van der Waals surface area contributed by atoms with E-state index < -0.39 is 12.1 Å². The minimum atomic E-state index is -0.912. The van der Waals surface area contributed by atoms with Gasteiger partial charge in [0.2, 0.25) is 5.78 Å². The van der Waals surface area contributed by atoms with Gasteiger partial charge in [-0.15, -0.1) is 0 Å². The van der Waals surface area contributed by atoms with E-state index in [2.05, 4.69) is 5.10 Å². The molecule has 0 unspecified atom stereocenters. The molecule has 3 aromatic rings. The van der Waals surface area contributed by atoms with Crippen LogP contribution >= 0.6 is 11.6 Å². The molecule has 0 N–H and O–H groups in total. The first-order valence-corrected chi connectivity index (χ1v) is 10.5. The molecular weight excluding hydrogens is 400 g/mol. The Morgan fingerprint density at radius 2 is 1.87 bits per heavy atom. The maximum atomic E-state index is 12.8. The Morgan fingerprint density at radius 3 is 2.63 bits per heavy atom. The topological polar surface area (TPSA) is 61.2 Å². The molecule has 5 nitrogen and oxygen atoms in total. The minimum Gasteiger partial charge on any atom is -0.451 e. The Hall–Kier alpha value is -2.92. The third-order valence-corrected chi connectivity index (χ3v) is 5.86. The number of fused-ring (bicyclic) bond motifs is 1. The third-order valence-electron chi connectivity index (χ3n) is 5.48. The highest BCUT2D eigenvalue weighted by Gasteiger charge is 2.27. The molecule has 0 saturated carbocycles. The minimum absolute atomic E-state index is 0.196. The number of carbonyl (C=O) groups is 2. The fourth-order valence-electron chi connectivity index (χ4n) is 3.88. The van der Waals surface area contributed by atoms with E-state index in [1.54, 1.807) is 18.5 Å². The van der Waals surface area contributed by atoms with Gasteiger partial charge in [-0.25, -0.2) is 9.48 Å². The number of aryl methyl sites for hydroxylation is 3. The highest BCUT2D eigenvalue weighted by atomic mass is 35.5. The van der Waals surface area contributed by atoms with E-state index in [0.29, 0.717) is 17.8 Å². The highest BCUT2D eigenvalue weighted by Crippen LogP contribution is 2.25. The largest absolute Gasteiger partial charge is 0.451 e. The number of Topliss-reactive ketones (excluding diaryl/α,β-unsaturated/α-hetero) is 1. The number of hydrogen-bond acceptors (Lipinski definition) is 4. The molecule has 30 heavy (non-hydrogen) atoms. The van der Waals surface area contributed by atoms with Crippen LogP contribution in [0.3, 0.4) is 0 Å². The number of benzene rings is 2. The number of ether oxygens (including phenoxy) is 1. The number of rotatable bonds is 6. The van der Waals surface area contributed by atoms with Crippen LogP contribution in [-0.4, -0.2) is 27.6 Å². The lowest BCUT2D eigenvalue weighted by Gasteiger charge is -2.13. The van der Waals surface area contributed by atoms with E-state index in [-0.39, 0.29) is 16.5 Å². The summed E-state index contributed by atoms with van der Waals surface area (Å²) in [7, 11) is 0. The van der Waals surface area contributed by atoms with Gasteiger partial charge in [-0.2, -0.15) is 5.10 Å². The molecule has 0 amide bonds. The summed E-state index contributed by atoms with van der Waals surface area (Å²) in [4.78, 5) is 25.6. The molecule has 154 valence electrons. The second-order valence-electron chi connectivity index (χ2n) is 7.64. The van der Waals surface area contributed by atoms with Crippen LogP contribution in [-0.2, 0) is 24.1 Å². The van der Waals surface area contributed by atoms with E-state index >= 15 is 0 Å². The van der Waals surface area contributed by atoms with Gasteiger partial charge in [-0.1, -0.05) is 54.1 Å². The fraction of sp³-hybridized carbons (Fsp3) is 0.292. The second-order valence-corrected chi connectivity index (χ2v) is 8.00. The summed E-state index contributed by atoms with van der Waals surface area (Å²) in [6.45, 7) is 3.74. The fourth-order valence-corrected chi connectivity index (χ4v) is 4.19. The molecule has 6 heteroatoms. The maximum Gasteiger partial charge on any atom is 0.343 e. The Labute approximate surface area is 180 Å². The summed E-state index contributed by atoms with van der Waals surface area (Å²) in [6, 6.07) is 15.5. The first kappa shape index (κ1) is 20.4. The SMILES string of the molecule is Cc1nn(Cc2ccccc2)c(Cl)c1C(=O)O[C@H](C)C(=O)c1ccc2c(c1)CCC2. The molecular formula is C24H23ClN2O3. The van der Waals surface area contributed by atoms with Crippen LogP contribution in [0, 0.1) is 6.92 Å². The van der Waals surface area contributed by atoms with Gasteiger partial charge < -0.3 is 4.74 Å². The van der Waals surface area contributed by atoms with Crippen molar-refractivity contribution in [3.63, 3.8) is 0 Å². The van der Waals surface area contributed by atoms with E-state index in [1.165, 1.54) is 11.1 Å². The van der Waals surface area contributed by atoms with Crippen LogP contribution in [0.25, 0.3) is 0 Å². The molecule has 4 rings (SSSR count). The number of ketones is 1. The van der Waals surface area contributed by atoms with Gasteiger partial charge in [0.05, 0.1) is 12.2 Å². The lowest BCUT2D eigenvalue weighted by molar-refractivity contribution is 0.0318. The summed E-state index contributed by atoms with van der Waals surface area (Å²) in [5, 5.41) is 4.58. The number of esters is 1. The molecule has 0 fully saturated rings. The van der Waals surface area contributed by atoms with Gasteiger partial charge in [0.15, 0.2) is 6.10 Å². The van der Waals surface area contributed by atoms with Crippen LogP contribution in [0.15, 0.2) is 48.5 Å². The van der Waals surface area contributed by atoms with Gasteiger partial charge in [-0.3, -0.25) is 4.79 Å². The average Bonchev–Trinajstić information content (AvgIpc) is 3.31. The molecule has 1 aromatic heterocycles. The van der Waals surface area contributed by atoms with Crippen LogP contribution in [0.5, 0.6) is 0 Å². The van der Waals surface area contributed by atoms with E-state index in [4.69, 9.17) is 16.3 Å². The third kappa shape index (κ3) is 4.03. The summed E-state index contributed by atoms with van der Waals surface area (Å²) in [5.74, 6) is -0.859. The summed E-state index contributed by atoms with van der Waals surface area (Å²) >= 11 is 6.43. The number of halogens is 1. The van der Waals surface area contributed by atoms with Gasteiger partial charge in [0, 0.05) is 5.56 Å². The number of nitrogens with zero attached hydrogens (tertiary/aromatic N) is 2. The summed E-state index contributed by atoms with van der Waals surface area (Å²) in [5.41, 5.74) is 4.75. The molecule has 1 aliphatic rings. The molecule has 0 bridgehead atoms. The van der Waals surface area contributed by atoms with Crippen molar-refractivity contribution in [3.8, 4) is 0 Å². The van der Waals surface area contributed by atoms with Crippen molar-refractivity contribution in [2.24, 2.45) is 0 Å². The Morgan fingerprint density at radius 1 is 1.13 bits per heavy atom. The zero-order chi connectivity index (χ0) is 21.3. The molecule has 1 atom stereocenters. The van der Waals surface area contributed by atoms with Crippen molar-refractivity contribution < 1.29 is 14.3 Å². The number of hydrogen-bond donors (Lipinski definition) is 0. The van der Waals surface area contributed by atoms with Crippen molar-refractivity contribution in [3.05, 3.63) is 87.2 Å². The predicted octanol–water partition coefficient (Wildman–Crippen LogP) is 4.81. The van der Waals surface area contributed by atoms with E-state index in [0.717, 1.165) is 24.8 Å². The normalized spacial score (nSPS) is 13.7. The Bertz CT molecular complexity index is 1110. The molecule has 0 saturated heterocycles. The summed E-state index contributed by atoms with van der Waals surface area (Å²) in [6.07, 6.45) is 2.24. The molecule has 1 heterocycles. The lowest BCUT2D eigenvalue weighted by atomic mass is 10.0. The second kappa shape index (κ2) is 8.44. The first-order chi connectivity index (χ1) is 14.4. The van der Waals surface area contributed by atoms with E-state index in [1.807, 2.05) is 48.5 Å². The quantitative estimate of drug-likeness (QED) is 0.422. The van der Waals surface area contributed by atoms with Crippen LogP contribution in [0.2, 0.25) is 5.15 Å². The zero-order valence-electron chi connectivity index (χ0n) is 17.0. The van der Waals surface area contributed by atoms with Crippen molar-refractivity contribution in [1.82, 2.24) is 9.78 Å². The van der Waals surface area contributed by atoms with Gasteiger partial charge in [0.25, 0.3) is 0 Å². The van der Waals surface area contributed by atoms with Crippen molar-refractivity contribution in [2.75, 3.05) is 0 Å². The number of carbonyl (C=O) groups excluding carboxylic acids is 2. The smallest absolute Gasteiger partial charge is 0.343 e. The van der Waals surface area contributed by atoms with Crippen LogP contribution in [0.4, 0.5) is 0 Å². The summed E-state index contributed by atoms with van der Waals surface area (Å²) < 4.78 is 7.04. The van der Waals surface area contributed by atoms with Crippen LogP contribution < -0.4 is 0 Å². The Kier molecular flexibility index (Phi) is 5.73. The lowest BCUT2D eigenvalue weighted by Crippen LogP contribution is -2.25. The van der Waals surface area contributed by atoms with Crippen molar-refractivity contribution in [2.45, 2.75) is 45.8 Å². The standard InChI is InChI=1S/C24H23ClN2O3/c1-15-21(23(25)27(26-15)14-17-7-4-3-5-8-17)24(29)30-16(2)22(28)20-12-11-18-9-6-10-19(18)13-20/h3-5,7-8,11-13,16H,6,9-10,14H2,1-2H3/t16-/m1/s1. The molecule has 1 aliphatic carbocycles. The number of aromatic nitrogens is 2. The monoisotopic (exact) mass is 422 g/mol. The average molecular weight is 423 g/mol. The highest BCUT2D eigenvalue weighted by molar-refractivity contribution is 6.32. The molecule has 0 spiro atoms. The van der Waals surface area contributed by atoms with E-state index in [9.17, 15) is 9.59 Å². The maximum absolute atomic E-state index is 12.8. The van der Waals surface area contributed by atoms with Gasteiger partial charge >= 0.3 is 5.97 Å². The van der Waals surface area contributed by atoms with Crippen LogP contribution in [0.1, 0.15) is 56.4 Å². The van der Waals surface area contributed by atoms with Crippen molar-refractivity contribution in [1.29, 1.82) is 0 Å². The molecule has 0 radical (unpaired) electrons. The van der Waals surface area contributed by atoms with Gasteiger partial charge in [-0.05, 0) is 55.9 Å². The molecule has 0 aliphatic heterocycles. The van der Waals surface area contributed by atoms with Crippen molar-refractivity contribution >= 4 is 23.4 Å². The first-order valence-electron chi connectivity index (χ1n) is 10.1. The zero-order valence-corrected chi connectivity index (χ0v) is 17.8. The Balaban J connectivity index is 1.48. The molecule has 2 aromatic carbocycles. The predicted molar refractivity (Wildman–Crippen MR) is 115 cm³/mol.